The highest BCUT2D eigenvalue weighted by atomic mass is 79.9. The molecule has 2 atom stereocenters. The Hall–Kier alpha value is -0.0600. The Morgan fingerprint density at radius 3 is 2.87 bits per heavy atom. The third-order valence-electron chi connectivity index (χ3n) is 2.62. The molecule has 1 aromatic heterocycles. The molecule has 2 nitrogen and oxygen atoms in total. The van der Waals surface area contributed by atoms with Gasteiger partial charge in [0.25, 0.3) is 5.91 Å². The monoisotopic (exact) mass is 307 g/mol. The van der Waals surface area contributed by atoms with Gasteiger partial charge in [0.1, 0.15) is 0 Å². The van der Waals surface area contributed by atoms with E-state index >= 15 is 0 Å². The summed E-state index contributed by atoms with van der Waals surface area (Å²) < 4.78 is 0.987. The zero-order valence-electron chi connectivity index (χ0n) is 8.24. The van der Waals surface area contributed by atoms with E-state index in [-0.39, 0.29) is 11.3 Å². The molecule has 0 bridgehead atoms. The molecule has 15 heavy (non-hydrogen) atoms. The van der Waals surface area contributed by atoms with Crippen molar-refractivity contribution in [3.05, 3.63) is 20.8 Å². The Morgan fingerprint density at radius 1 is 1.67 bits per heavy atom. The minimum absolute atomic E-state index is 0.0898. The fraction of sp³-hybridized carbons (Fsp3) is 0.500. The van der Waals surface area contributed by atoms with Crippen molar-refractivity contribution in [2.75, 3.05) is 13.1 Å². The summed E-state index contributed by atoms with van der Waals surface area (Å²) in [5.74, 6) is 0.477. The number of halogens is 2. The molecule has 2 rings (SSSR count). The van der Waals surface area contributed by atoms with Crippen LogP contribution in [-0.2, 0) is 0 Å². The number of carbonyl (C=O) groups is 1. The van der Waals surface area contributed by atoms with Crippen molar-refractivity contribution >= 4 is 44.8 Å². The van der Waals surface area contributed by atoms with Gasteiger partial charge in [0.05, 0.1) is 14.7 Å². The van der Waals surface area contributed by atoms with Crippen molar-refractivity contribution in [2.45, 2.75) is 12.3 Å². The highest BCUT2D eigenvalue weighted by Crippen LogP contribution is 2.26. The first-order chi connectivity index (χ1) is 7.08. The summed E-state index contributed by atoms with van der Waals surface area (Å²) in [5.41, 5.74) is 0.754. The van der Waals surface area contributed by atoms with Crippen molar-refractivity contribution in [1.29, 1.82) is 0 Å². The first-order valence-corrected chi connectivity index (χ1v) is 6.86. The maximum atomic E-state index is 12.0. The van der Waals surface area contributed by atoms with E-state index in [4.69, 9.17) is 11.6 Å². The van der Waals surface area contributed by atoms with Crippen LogP contribution in [-0.4, -0.2) is 29.3 Å². The van der Waals surface area contributed by atoms with Gasteiger partial charge in [-0.2, -0.15) is 0 Å². The predicted octanol–water partition coefficient (Wildman–Crippen LogP) is 3.21. The molecule has 1 aliphatic rings. The lowest BCUT2D eigenvalue weighted by molar-refractivity contribution is 0.0789. The van der Waals surface area contributed by atoms with E-state index in [2.05, 4.69) is 22.9 Å². The van der Waals surface area contributed by atoms with Crippen LogP contribution in [0.15, 0.2) is 15.2 Å². The van der Waals surface area contributed by atoms with Crippen molar-refractivity contribution < 1.29 is 4.79 Å². The Morgan fingerprint density at radius 2 is 2.40 bits per heavy atom. The summed E-state index contributed by atoms with van der Waals surface area (Å²) in [6, 6.07) is 1.86. The normalized spacial score (nSPS) is 25.9. The zero-order chi connectivity index (χ0) is 11.0. The summed E-state index contributed by atoms with van der Waals surface area (Å²) >= 11 is 11.0. The molecule has 1 aliphatic heterocycles. The molecular weight excluding hydrogens is 298 g/mol. The van der Waals surface area contributed by atoms with Gasteiger partial charge in [-0.15, -0.1) is 22.9 Å². The molecule has 1 aromatic rings. The molecule has 0 N–H and O–H groups in total. The van der Waals surface area contributed by atoms with Gasteiger partial charge in [-0.3, -0.25) is 4.79 Å². The minimum atomic E-state index is 0.0898. The van der Waals surface area contributed by atoms with Crippen LogP contribution < -0.4 is 0 Å². The molecule has 0 radical (unpaired) electrons. The smallest absolute Gasteiger partial charge is 0.254 e. The van der Waals surface area contributed by atoms with Crippen molar-refractivity contribution in [1.82, 2.24) is 4.90 Å². The Kier molecular flexibility index (Phi) is 3.38. The van der Waals surface area contributed by atoms with Crippen LogP contribution in [0, 0.1) is 5.92 Å². The number of thiophene rings is 1. The number of amides is 1. The number of nitrogens with zero attached hydrogens (tertiary/aromatic N) is 1. The second kappa shape index (κ2) is 4.44. The van der Waals surface area contributed by atoms with Gasteiger partial charge in [0.2, 0.25) is 0 Å². The molecule has 0 spiro atoms. The van der Waals surface area contributed by atoms with E-state index in [0.717, 1.165) is 15.9 Å². The van der Waals surface area contributed by atoms with E-state index in [0.29, 0.717) is 12.5 Å². The topological polar surface area (TPSA) is 20.3 Å². The Balaban J connectivity index is 2.10. The molecule has 0 aliphatic carbocycles. The first kappa shape index (κ1) is 11.4. The van der Waals surface area contributed by atoms with Crippen molar-refractivity contribution in [2.24, 2.45) is 5.92 Å². The fourth-order valence-corrected chi connectivity index (χ4v) is 3.07. The molecule has 2 heterocycles. The molecule has 1 saturated heterocycles. The summed E-state index contributed by atoms with van der Waals surface area (Å²) in [6.45, 7) is 3.50. The number of alkyl halides is 1. The van der Waals surface area contributed by atoms with Crippen LogP contribution >= 0.6 is 38.9 Å². The van der Waals surface area contributed by atoms with Crippen LogP contribution in [0.4, 0.5) is 0 Å². The quantitative estimate of drug-likeness (QED) is 0.730. The highest BCUT2D eigenvalue weighted by Gasteiger charge is 2.31. The molecule has 2 unspecified atom stereocenters. The van der Waals surface area contributed by atoms with E-state index in [1.165, 1.54) is 11.3 Å². The average molecular weight is 309 g/mol. The lowest BCUT2D eigenvalue weighted by Crippen LogP contribution is -2.28. The van der Waals surface area contributed by atoms with E-state index in [1.807, 2.05) is 16.3 Å². The zero-order valence-corrected chi connectivity index (χ0v) is 11.4. The van der Waals surface area contributed by atoms with Gasteiger partial charge in [-0.25, -0.2) is 0 Å². The predicted molar refractivity (Wildman–Crippen MR) is 66.7 cm³/mol. The summed E-state index contributed by atoms with van der Waals surface area (Å²) in [7, 11) is 0. The second-order valence-electron chi connectivity index (χ2n) is 3.84. The van der Waals surface area contributed by atoms with Gasteiger partial charge in [0.15, 0.2) is 0 Å². The molecule has 1 fully saturated rings. The third kappa shape index (κ3) is 2.37. The number of rotatable bonds is 1. The maximum absolute atomic E-state index is 12.0. The largest absolute Gasteiger partial charge is 0.337 e. The van der Waals surface area contributed by atoms with E-state index in [9.17, 15) is 4.79 Å². The third-order valence-corrected chi connectivity index (χ3v) is 4.69. The van der Waals surface area contributed by atoms with Gasteiger partial charge in [-0.05, 0) is 27.9 Å². The molecule has 1 amide bonds. The number of carbonyl (C=O) groups excluding carboxylic acids is 1. The average Bonchev–Trinajstić information content (AvgIpc) is 2.74. The molecular formula is C10H11BrClNOS. The van der Waals surface area contributed by atoms with Gasteiger partial charge >= 0.3 is 0 Å². The Bertz CT molecular complexity index is 371. The number of hydrogen-bond donors (Lipinski definition) is 0. The SMILES string of the molecule is CC1CN(C(=O)c2csc(Br)c2)CC1Cl. The summed E-state index contributed by atoms with van der Waals surface area (Å²) in [4.78, 5) is 13.8. The molecule has 0 aromatic carbocycles. The fourth-order valence-electron chi connectivity index (χ4n) is 1.70. The van der Waals surface area contributed by atoms with Crippen LogP contribution in [0.3, 0.4) is 0 Å². The lowest BCUT2D eigenvalue weighted by atomic mass is 10.1. The van der Waals surface area contributed by atoms with Gasteiger partial charge in [0, 0.05) is 18.5 Å². The van der Waals surface area contributed by atoms with Crippen LogP contribution in [0.25, 0.3) is 0 Å². The van der Waals surface area contributed by atoms with Crippen molar-refractivity contribution in [3.8, 4) is 0 Å². The second-order valence-corrected chi connectivity index (χ2v) is 6.69. The van der Waals surface area contributed by atoms with E-state index < -0.39 is 0 Å². The lowest BCUT2D eigenvalue weighted by Gasteiger charge is -2.14. The first-order valence-electron chi connectivity index (χ1n) is 4.75. The Labute approximate surface area is 106 Å². The number of hydrogen-bond acceptors (Lipinski definition) is 2. The van der Waals surface area contributed by atoms with Crippen LogP contribution in [0.2, 0.25) is 0 Å². The van der Waals surface area contributed by atoms with Crippen LogP contribution in [0.5, 0.6) is 0 Å². The van der Waals surface area contributed by atoms with Crippen molar-refractivity contribution in [3.63, 3.8) is 0 Å². The summed E-state index contributed by atoms with van der Waals surface area (Å²) in [5, 5.41) is 1.97. The molecule has 82 valence electrons. The van der Waals surface area contributed by atoms with E-state index in [1.54, 1.807) is 0 Å². The highest BCUT2D eigenvalue weighted by molar-refractivity contribution is 9.11. The maximum Gasteiger partial charge on any atom is 0.254 e. The number of likely N-dealkylation sites (tertiary alicyclic amines) is 1. The molecule has 5 heteroatoms. The van der Waals surface area contributed by atoms with Crippen LogP contribution in [0.1, 0.15) is 17.3 Å². The summed E-state index contributed by atoms with van der Waals surface area (Å²) in [6.07, 6.45) is 0. The van der Waals surface area contributed by atoms with Gasteiger partial charge in [-0.1, -0.05) is 6.92 Å². The minimum Gasteiger partial charge on any atom is -0.337 e. The molecule has 0 saturated carbocycles. The van der Waals surface area contributed by atoms with Gasteiger partial charge < -0.3 is 4.90 Å². The standard InChI is InChI=1S/C10H11BrClNOS/c1-6-3-13(4-8(6)12)10(14)7-2-9(11)15-5-7/h2,5-6,8H,3-4H2,1H3.